The van der Waals surface area contributed by atoms with Crippen molar-refractivity contribution in [2.24, 2.45) is 0 Å². The number of nitrogens with zero attached hydrogens (tertiary/aromatic N) is 2. The van der Waals surface area contributed by atoms with E-state index >= 15 is 0 Å². The van der Waals surface area contributed by atoms with E-state index in [0.29, 0.717) is 23.3 Å². The van der Waals surface area contributed by atoms with E-state index in [9.17, 15) is 4.39 Å². The van der Waals surface area contributed by atoms with Crippen LogP contribution in [0.25, 0.3) is 5.69 Å². The summed E-state index contributed by atoms with van der Waals surface area (Å²) in [5, 5.41) is 7.59. The van der Waals surface area contributed by atoms with E-state index in [-0.39, 0.29) is 5.82 Å². The second kappa shape index (κ2) is 6.79. The van der Waals surface area contributed by atoms with Crippen LogP contribution in [0.15, 0.2) is 34.9 Å². The summed E-state index contributed by atoms with van der Waals surface area (Å²) in [4.78, 5) is 0. The number of methoxy groups -OCH3 is 1. The second-order valence-corrected chi connectivity index (χ2v) is 4.87. The van der Waals surface area contributed by atoms with Crippen molar-refractivity contribution in [1.82, 2.24) is 15.1 Å². The van der Waals surface area contributed by atoms with Gasteiger partial charge in [-0.2, -0.15) is 5.10 Å². The first-order valence-electron chi connectivity index (χ1n) is 5.90. The Morgan fingerprint density at radius 2 is 2.26 bits per heavy atom. The summed E-state index contributed by atoms with van der Waals surface area (Å²) in [6.07, 6.45) is 1.82. The van der Waals surface area contributed by atoms with Gasteiger partial charge in [0.15, 0.2) is 0 Å². The third kappa shape index (κ3) is 3.86. The maximum absolute atomic E-state index is 13.4. The van der Waals surface area contributed by atoms with Crippen LogP contribution in [0.4, 0.5) is 4.39 Å². The first kappa shape index (κ1) is 14.2. The number of aromatic nitrogens is 2. The zero-order valence-corrected chi connectivity index (χ0v) is 12.2. The lowest BCUT2D eigenvalue weighted by Crippen LogP contribution is -2.18. The molecule has 0 amide bonds. The highest BCUT2D eigenvalue weighted by Crippen LogP contribution is 2.18. The number of nitrogens with one attached hydrogen (secondary N) is 1. The van der Waals surface area contributed by atoms with E-state index in [4.69, 9.17) is 4.74 Å². The van der Waals surface area contributed by atoms with Crippen molar-refractivity contribution >= 4 is 15.9 Å². The van der Waals surface area contributed by atoms with Crippen molar-refractivity contribution in [3.05, 3.63) is 46.4 Å². The summed E-state index contributed by atoms with van der Waals surface area (Å²) >= 11 is 3.13. The van der Waals surface area contributed by atoms with Crippen LogP contribution in [-0.2, 0) is 11.3 Å². The molecule has 0 unspecified atom stereocenters. The van der Waals surface area contributed by atoms with E-state index in [1.165, 1.54) is 6.07 Å². The maximum Gasteiger partial charge on any atom is 0.139 e. The average molecular weight is 328 g/mol. The summed E-state index contributed by atoms with van der Waals surface area (Å²) in [5.41, 5.74) is 1.60. The first-order chi connectivity index (χ1) is 9.20. The molecule has 1 aromatic carbocycles. The molecule has 0 aliphatic carbocycles. The highest BCUT2D eigenvalue weighted by atomic mass is 79.9. The molecule has 2 rings (SSSR count). The van der Waals surface area contributed by atoms with Crippen LogP contribution in [0, 0.1) is 5.82 Å². The van der Waals surface area contributed by atoms with Gasteiger partial charge in [0.25, 0.3) is 0 Å². The molecule has 0 saturated heterocycles. The molecule has 0 aliphatic heterocycles. The van der Waals surface area contributed by atoms with Gasteiger partial charge < -0.3 is 10.1 Å². The molecule has 1 N–H and O–H groups in total. The Morgan fingerprint density at radius 3 is 3.00 bits per heavy atom. The summed E-state index contributed by atoms with van der Waals surface area (Å²) < 4.78 is 20.5. The smallest absolute Gasteiger partial charge is 0.139 e. The molecule has 2 aromatic rings. The Hall–Kier alpha value is -1.24. The minimum Gasteiger partial charge on any atom is -0.383 e. The lowest BCUT2D eigenvalue weighted by atomic mass is 10.3. The van der Waals surface area contributed by atoms with Gasteiger partial charge in [-0.15, -0.1) is 0 Å². The third-order valence-electron chi connectivity index (χ3n) is 2.60. The van der Waals surface area contributed by atoms with Gasteiger partial charge in [0.1, 0.15) is 5.82 Å². The predicted molar refractivity (Wildman–Crippen MR) is 74.8 cm³/mol. The molecule has 0 saturated carbocycles. The van der Waals surface area contributed by atoms with E-state index in [2.05, 4.69) is 26.3 Å². The number of halogens is 2. The minimum atomic E-state index is -0.298. The van der Waals surface area contributed by atoms with Crippen LogP contribution < -0.4 is 5.32 Å². The summed E-state index contributed by atoms with van der Waals surface area (Å²) in [6.45, 7) is 2.10. The van der Waals surface area contributed by atoms with Gasteiger partial charge in [-0.25, -0.2) is 9.07 Å². The van der Waals surface area contributed by atoms with Crippen molar-refractivity contribution in [3.8, 4) is 5.69 Å². The fraction of sp³-hybridized carbons (Fsp3) is 0.308. The Balaban J connectivity index is 2.01. The topological polar surface area (TPSA) is 39.1 Å². The Bertz CT molecular complexity index is 544. The van der Waals surface area contributed by atoms with Gasteiger partial charge in [-0.3, -0.25) is 0 Å². The quantitative estimate of drug-likeness (QED) is 0.828. The molecule has 0 bridgehead atoms. The fourth-order valence-corrected chi connectivity index (χ4v) is 1.86. The molecule has 0 aliphatic rings. The molecular weight excluding hydrogens is 313 g/mol. The molecule has 0 fully saturated rings. The lowest BCUT2D eigenvalue weighted by molar-refractivity contribution is 0.199. The van der Waals surface area contributed by atoms with Crippen LogP contribution in [0.5, 0.6) is 0 Å². The Morgan fingerprint density at radius 1 is 1.42 bits per heavy atom. The molecule has 1 aromatic heterocycles. The Labute approximate surface area is 119 Å². The fourth-order valence-electron chi connectivity index (χ4n) is 1.62. The van der Waals surface area contributed by atoms with E-state index in [0.717, 1.165) is 12.2 Å². The monoisotopic (exact) mass is 327 g/mol. The Kier molecular flexibility index (Phi) is 5.07. The first-order valence-corrected chi connectivity index (χ1v) is 6.69. The number of rotatable bonds is 6. The SMILES string of the molecule is COCCNCc1ccn(-c2ccc(Br)c(F)c2)n1. The van der Waals surface area contributed by atoms with E-state index in [1.807, 2.05) is 18.3 Å². The summed E-state index contributed by atoms with van der Waals surface area (Å²) in [7, 11) is 1.67. The molecule has 6 heteroatoms. The van der Waals surface area contributed by atoms with Gasteiger partial charge in [-0.1, -0.05) is 0 Å². The van der Waals surface area contributed by atoms with Crippen molar-refractivity contribution in [2.75, 3.05) is 20.3 Å². The van der Waals surface area contributed by atoms with E-state index in [1.54, 1.807) is 17.9 Å². The lowest BCUT2D eigenvalue weighted by Gasteiger charge is -2.03. The summed E-state index contributed by atoms with van der Waals surface area (Å²) in [6, 6.07) is 6.82. The maximum atomic E-state index is 13.4. The van der Waals surface area contributed by atoms with Crippen LogP contribution in [0.1, 0.15) is 5.69 Å². The van der Waals surface area contributed by atoms with Gasteiger partial charge in [0.2, 0.25) is 0 Å². The van der Waals surface area contributed by atoms with Crippen molar-refractivity contribution in [3.63, 3.8) is 0 Å². The molecule has 0 atom stereocenters. The van der Waals surface area contributed by atoms with Crippen molar-refractivity contribution in [1.29, 1.82) is 0 Å². The molecule has 0 radical (unpaired) electrons. The van der Waals surface area contributed by atoms with Crippen LogP contribution in [0.3, 0.4) is 0 Å². The normalized spacial score (nSPS) is 10.9. The molecular formula is C13H15BrFN3O. The van der Waals surface area contributed by atoms with Gasteiger partial charge >= 0.3 is 0 Å². The van der Waals surface area contributed by atoms with Crippen molar-refractivity contribution in [2.45, 2.75) is 6.54 Å². The largest absolute Gasteiger partial charge is 0.383 e. The number of hydrogen-bond donors (Lipinski definition) is 1. The van der Waals surface area contributed by atoms with Crippen molar-refractivity contribution < 1.29 is 9.13 Å². The minimum absolute atomic E-state index is 0.298. The molecule has 1 heterocycles. The number of benzene rings is 1. The summed E-state index contributed by atoms with van der Waals surface area (Å²) in [5.74, 6) is -0.298. The van der Waals surface area contributed by atoms with Gasteiger partial charge in [-0.05, 0) is 34.1 Å². The van der Waals surface area contributed by atoms with Gasteiger partial charge in [0, 0.05) is 32.5 Å². The van der Waals surface area contributed by atoms with E-state index < -0.39 is 0 Å². The average Bonchev–Trinajstić information content (AvgIpc) is 2.87. The third-order valence-corrected chi connectivity index (χ3v) is 3.24. The predicted octanol–water partition coefficient (Wildman–Crippen LogP) is 2.51. The number of hydrogen-bond acceptors (Lipinski definition) is 3. The molecule has 0 spiro atoms. The zero-order valence-electron chi connectivity index (χ0n) is 10.6. The van der Waals surface area contributed by atoms with Crippen LogP contribution in [-0.4, -0.2) is 30.0 Å². The second-order valence-electron chi connectivity index (χ2n) is 4.02. The molecule has 4 nitrogen and oxygen atoms in total. The van der Waals surface area contributed by atoms with Crippen LogP contribution >= 0.6 is 15.9 Å². The number of ether oxygens (including phenoxy) is 1. The van der Waals surface area contributed by atoms with Gasteiger partial charge in [0.05, 0.1) is 22.5 Å². The highest BCUT2D eigenvalue weighted by molar-refractivity contribution is 9.10. The molecule has 19 heavy (non-hydrogen) atoms. The highest BCUT2D eigenvalue weighted by Gasteiger charge is 2.04. The standard InChI is InChI=1S/C13H15BrFN3O/c1-19-7-5-16-9-10-4-6-18(17-10)11-2-3-12(14)13(15)8-11/h2-4,6,8,16H,5,7,9H2,1H3. The zero-order chi connectivity index (χ0) is 13.7. The molecule has 102 valence electrons. The van der Waals surface area contributed by atoms with Crippen LogP contribution in [0.2, 0.25) is 0 Å².